The number of fused-ring (bicyclic) bond motifs is 1. The van der Waals surface area contributed by atoms with Gasteiger partial charge in [-0.3, -0.25) is 14.6 Å². The third-order valence-electron chi connectivity index (χ3n) is 2.33. The first-order chi connectivity index (χ1) is 7.44. The van der Waals surface area contributed by atoms with Gasteiger partial charge in [-0.1, -0.05) is 0 Å². The molecule has 2 rings (SSSR count). The Morgan fingerprint density at radius 2 is 2.12 bits per heavy atom. The van der Waals surface area contributed by atoms with E-state index in [4.69, 9.17) is 5.73 Å². The minimum atomic E-state index is -0.665. The molecular weight excluding hydrogens is 210 g/mol. The van der Waals surface area contributed by atoms with Crippen molar-refractivity contribution in [3.63, 3.8) is 0 Å². The van der Waals surface area contributed by atoms with E-state index >= 15 is 0 Å². The van der Waals surface area contributed by atoms with Crippen molar-refractivity contribution in [3.8, 4) is 0 Å². The van der Waals surface area contributed by atoms with Gasteiger partial charge in [0, 0.05) is 0 Å². The zero-order chi connectivity index (χ0) is 11.9. The van der Waals surface area contributed by atoms with Crippen LogP contribution < -0.4 is 16.6 Å². The monoisotopic (exact) mass is 221 g/mol. The van der Waals surface area contributed by atoms with Gasteiger partial charge in [0.25, 0.3) is 5.56 Å². The van der Waals surface area contributed by atoms with Gasteiger partial charge < -0.3 is 11.1 Å². The van der Waals surface area contributed by atoms with E-state index in [2.05, 4.69) is 20.3 Å². The molecule has 0 aromatic carbocycles. The van der Waals surface area contributed by atoms with Crippen molar-refractivity contribution in [1.82, 2.24) is 9.97 Å². The zero-order valence-corrected chi connectivity index (χ0v) is 8.87. The Labute approximate surface area is 90.8 Å². The number of hydrogen-bond acceptors (Lipinski definition) is 6. The molecule has 0 atom stereocenters. The van der Waals surface area contributed by atoms with Crippen molar-refractivity contribution in [3.05, 3.63) is 10.4 Å². The Balaban J connectivity index is 2.70. The number of nitrogens with two attached hydrogens (primary N) is 1. The average Bonchev–Trinajstić information content (AvgIpc) is 2.14. The number of aldehydes is 1. The first-order valence-electron chi connectivity index (χ1n) is 4.66. The lowest BCUT2D eigenvalue weighted by Gasteiger charge is -2.29. The lowest BCUT2D eigenvalue weighted by Crippen LogP contribution is -2.44. The molecule has 1 aliphatic heterocycles. The third-order valence-corrected chi connectivity index (χ3v) is 2.33. The predicted octanol–water partition coefficient (Wildman–Crippen LogP) is -0.172. The summed E-state index contributed by atoms with van der Waals surface area (Å²) in [6.07, 6.45) is 0.617. The number of hydrogen-bond donors (Lipinski definition) is 3. The van der Waals surface area contributed by atoms with Gasteiger partial charge in [0.05, 0.1) is 5.54 Å². The highest BCUT2D eigenvalue weighted by Crippen LogP contribution is 2.28. The number of nitrogens with zero attached hydrogens (tertiary/aromatic N) is 2. The van der Waals surface area contributed by atoms with Gasteiger partial charge in [0.2, 0.25) is 5.95 Å². The fourth-order valence-corrected chi connectivity index (χ4v) is 1.47. The van der Waals surface area contributed by atoms with Crippen molar-refractivity contribution in [2.24, 2.45) is 4.99 Å². The highest BCUT2D eigenvalue weighted by Gasteiger charge is 2.31. The van der Waals surface area contributed by atoms with Crippen molar-refractivity contribution in [2.75, 3.05) is 11.1 Å². The summed E-state index contributed by atoms with van der Waals surface area (Å²) >= 11 is 0. The van der Waals surface area contributed by atoms with Crippen molar-refractivity contribution in [1.29, 1.82) is 0 Å². The van der Waals surface area contributed by atoms with E-state index in [0.29, 0.717) is 6.29 Å². The molecule has 0 saturated heterocycles. The van der Waals surface area contributed by atoms with Crippen molar-refractivity contribution < 1.29 is 4.79 Å². The molecule has 0 amide bonds. The van der Waals surface area contributed by atoms with E-state index in [-0.39, 0.29) is 23.2 Å². The predicted molar refractivity (Wildman–Crippen MR) is 60.1 cm³/mol. The quantitative estimate of drug-likeness (QED) is 0.569. The summed E-state index contributed by atoms with van der Waals surface area (Å²) in [5.74, 6) is 0.300. The van der Waals surface area contributed by atoms with Gasteiger partial charge in [-0.15, -0.1) is 0 Å². The standard InChI is InChI=1S/C9H11N5O2/c1-9(2)4(3-15)11-5-6(14-9)12-8(10)13-7(5)16/h3H,1-2H3,(H4,10,12,13,14,16). The highest BCUT2D eigenvalue weighted by atomic mass is 16.1. The molecule has 0 spiro atoms. The topological polar surface area (TPSA) is 113 Å². The van der Waals surface area contributed by atoms with E-state index in [1.54, 1.807) is 13.8 Å². The number of carbonyl (C=O) groups is 1. The Morgan fingerprint density at radius 3 is 2.75 bits per heavy atom. The smallest absolute Gasteiger partial charge is 0.280 e. The van der Waals surface area contributed by atoms with Crippen LogP contribution in [-0.2, 0) is 4.79 Å². The Morgan fingerprint density at radius 1 is 1.44 bits per heavy atom. The van der Waals surface area contributed by atoms with Crippen LogP contribution in [0.15, 0.2) is 9.79 Å². The van der Waals surface area contributed by atoms with Gasteiger partial charge in [0.15, 0.2) is 17.8 Å². The number of carbonyl (C=O) groups excluding carboxylic acids is 1. The highest BCUT2D eigenvalue weighted by molar-refractivity contribution is 6.34. The average molecular weight is 221 g/mol. The maximum Gasteiger partial charge on any atom is 0.280 e. The second kappa shape index (κ2) is 3.16. The number of rotatable bonds is 1. The molecule has 1 aromatic rings. The lowest BCUT2D eigenvalue weighted by atomic mass is 9.97. The van der Waals surface area contributed by atoms with E-state index < -0.39 is 11.1 Å². The second-order valence-corrected chi connectivity index (χ2v) is 4.01. The van der Waals surface area contributed by atoms with Crippen molar-refractivity contribution >= 4 is 29.5 Å². The maximum absolute atomic E-state index is 11.5. The summed E-state index contributed by atoms with van der Waals surface area (Å²) in [4.78, 5) is 32.6. The number of nitrogen functional groups attached to an aromatic ring is 1. The molecule has 0 radical (unpaired) electrons. The number of aromatic amines is 1. The molecule has 4 N–H and O–H groups in total. The molecule has 0 aliphatic carbocycles. The molecule has 7 nitrogen and oxygen atoms in total. The molecule has 1 aliphatic rings. The van der Waals surface area contributed by atoms with Gasteiger partial charge in [-0.05, 0) is 13.8 Å². The van der Waals surface area contributed by atoms with Crippen LogP contribution in [-0.4, -0.2) is 27.5 Å². The largest absolute Gasteiger partial charge is 0.369 e. The summed E-state index contributed by atoms with van der Waals surface area (Å²) in [7, 11) is 0. The van der Waals surface area contributed by atoms with Crippen LogP contribution in [0, 0.1) is 0 Å². The van der Waals surface area contributed by atoms with Crippen LogP contribution in [0.2, 0.25) is 0 Å². The molecule has 2 heterocycles. The maximum atomic E-state index is 11.5. The number of nitrogens with one attached hydrogen (secondary N) is 2. The lowest BCUT2D eigenvalue weighted by molar-refractivity contribution is -0.102. The molecule has 7 heteroatoms. The van der Waals surface area contributed by atoms with Gasteiger partial charge in [-0.25, -0.2) is 4.99 Å². The SMILES string of the molecule is CC1(C)Nc2nc(N)[nH]c(=O)c2N=C1C=O. The summed E-state index contributed by atoms with van der Waals surface area (Å²) in [5.41, 5.74) is 4.61. The Kier molecular flexibility index (Phi) is 2.04. The van der Waals surface area contributed by atoms with Crippen LogP contribution >= 0.6 is 0 Å². The number of H-pyrrole nitrogens is 1. The molecule has 0 bridgehead atoms. The first kappa shape index (κ1) is 10.3. The number of aromatic nitrogens is 2. The van der Waals surface area contributed by atoms with Gasteiger partial charge in [0.1, 0.15) is 5.71 Å². The van der Waals surface area contributed by atoms with E-state index in [1.165, 1.54) is 0 Å². The summed E-state index contributed by atoms with van der Waals surface area (Å²) in [5, 5.41) is 2.95. The summed E-state index contributed by atoms with van der Waals surface area (Å²) < 4.78 is 0. The van der Waals surface area contributed by atoms with Crippen LogP contribution in [0.1, 0.15) is 13.8 Å². The van der Waals surface area contributed by atoms with Crippen LogP contribution in [0.25, 0.3) is 0 Å². The Hall–Kier alpha value is -2.18. The van der Waals surface area contributed by atoms with Crippen molar-refractivity contribution in [2.45, 2.75) is 19.4 Å². The number of anilines is 2. The van der Waals surface area contributed by atoms with E-state index in [9.17, 15) is 9.59 Å². The molecular formula is C9H11N5O2. The minimum Gasteiger partial charge on any atom is -0.369 e. The molecule has 16 heavy (non-hydrogen) atoms. The minimum absolute atomic E-state index is 0.0109. The second-order valence-electron chi connectivity index (χ2n) is 4.01. The van der Waals surface area contributed by atoms with Gasteiger partial charge >= 0.3 is 0 Å². The fraction of sp³-hybridized carbons (Fsp3) is 0.333. The zero-order valence-electron chi connectivity index (χ0n) is 8.87. The van der Waals surface area contributed by atoms with Crippen LogP contribution in [0.4, 0.5) is 17.5 Å². The molecule has 0 fully saturated rings. The summed E-state index contributed by atoms with van der Waals surface area (Å²) in [6, 6.07) is 0. The molecule has 0 unspecified atom stereocenters. The molecule has 0 saturated carbocycles. The molecule has 1 aromatic heterocycles. The first-order valence-corrected chi connectivity index (χ1v) is 4.66. The van der Waals surface area contributed by atoms with E-state index in [0.717, 1.165) is 0 Å². The summed E-state index contributed by atoms with van der Waals surface area (Å²) in [6.45, 7) is 3.53. The number of aliphatic imine (C=N–C) groups is 1. The normalized spacial score (nSPS) is 17.0. The Bertz CT molecular complexity index is 543. The molecule has 84 valence electrons. The van der Waals surface area contributed by atoms with Gasteiger partial charge in [-0.2, -0.15) is 4.98 Å². The fourth-order valence-electron chi connectivity index (χ4n) is 1.47. The van der Waals surface area contributed by atoms with Crippen LogP contribution in [0.5, 0.6) is 0 Å². The van der Waals surface area contributed by atoms with E-state index in [1.807, 2.05) is 0 Å². The third kappa shape index (κ3) is 1.46. The van der Waals surface area contributed by atoms with Crippen LogP contribution in [0.3, 0.4) is 0 Å².